The number of hydrogen-bond acceptors (Lipinski definition) is 2. The molecule has 1 aliphatic heterocycles. The normalized spacial score (nSPS) is 20.0. The molecule has 1 heterocycles. The summed E-state index contributed by atoms with van der Waals surface area (Å²) in [4.78, 5) is 1.99. The van der Waals surface area contributed by atoms with Gasteiger partial charge in [0.15, 0.2) is 0 Å². The van der Waals surface area contributed by atoms with Crippen LogP contribution in [-0.2, 0) is 12.7 Å². The Balaban J connectivity index is 2.00. The summed E-state index contributed by atoms with van der Waals surface area (Å²) in [5.74, 6) is -0.308. The van der Waals surface area contributed by atoms with Crippen LogP contribution in [-0.4, -0.2) is 30.6 Å². The van der Waals surface area contributed by atoms with Crippen LogP contribution in [0.3, 0.4) is 0 Å². The zero-order chi connectivity index (χ0) is 16.3. The minimum Gasteiger partial charge on any atom is -0.312 e. The summed E-state index contributed by atoms with van der Waals surface area (Å²) in [7, 11) is 0. The molecule has 0 radical (unpaired) electrons. The first-order valence-electron chi connectivity index (χ1n) is 7.57. The minimum absolute atomic E-state index is 0.137. The highest BCUT2D eigenvalue weighted by Gasteiger charge is 2.34. The third-order valence-corrected chi connectivity index (χ3v) is 3.86. The minimum atomic E-state index is -4.52. The van der Waals surface area contributed by atoms with Gasteiger partial charge in [-0.15, -0.1) is 0 Å². The van der Waals surface area contributed by atoms with Gasteiger partial charge in [-0.25, -0.2) is 4.39 Å². The second kappa shape index (κ2) is 6.96. The maximum atomic E-state index is 13.1. The molecular formula is C16H22F4N2. The number of benzene rings is 1. The Labute approximate surface area is 128 Å². The van der Waals surface area contributed by atoms with Gasteiger partial charge in [0.1, 0.15) is 5.82 Å². The summed E-state index contributed by atoms with van der Waals surface area (Å²) in [6, 6.07) is 3.24. The van der Waals surface area contributed by atoms with Gasteiger partial charge in [0.05, 0.1) is 5.56 Å². The molecule has 2 nitrogen and oxygen atoms in total. The summed E-state index contributed by atoms with van der Waals surface area (Å²) in [5, 5.41) is 3.43. The number of nitrogens with one attached hydrogen (secondary N) is 1. The standard InChI is InChI=1S/C16H22F4N2/c1-11(2)8-21-14-5-6-22(10-14)9-12-3-4-13(17)7-15(12)16(18,19)20/h3-4,7,11,14,21H,5-6,8-10H2,1-2H3. The third kappa shape index (κ3) is 4.68. The highest BCUT2D eigenvalue weighted by Crippen LogP contribution is 2.33. The molecule has 22 heavy (non-hydrogen) atoms. The molecule has 1 aromatic carbocycles. The lowest BCUT2D eigenvalue weighted by atomic mass is 10.1. The van der Waals surface area contributed by atoms with Crippen molar-refractivity contribution in [1.29, 1.82) is 0 Å². The zero-order valence-corrected chi connectivity index (χ0v) is 12.9. The van der Waals surface area contributed by atoms with E-state index in [2.05, 4.69) is 19.2 Å². The van der Waals surface area contributed by atoms with E-state index >= 15 is 0 Å². The number of nitrogens with zero attached hydrogens (tertiary/aromatic N) is 1. The fraction of sp³-hybridized carbons (Fsp3) is 0.625. The van der Waals surface area contributed by atoms with E-state index in [0.717, 1.165) is 32.1 Å². The molecule has 0 aliphatic carbocycles. The van der Waals surface area contributed by atoms with E-state index in [1.165, 1.54) is 6.07 Å². The molecule has 2 rings (SSSR count). The Morgan fingerprint density at radius 1 is 1.32 bits per heavy atom. The first kappa shape index (κ1) is 17.2. The van der Waals surface area contributed by atoms with Gasteiger partial charge in [-0.1, -0.05) is 19.9 Å². The first-order chi connectivity index (χ1) is 10.3. The highest BCUT2D eigenvalue weighted by atomic mass is 19.4. The van der Waals surface area contributed by atoms with Crippen LogP contribution in [0, 0.1) is 11.7 Å². The van der Waals surface area contributed by atoms with E-state index in [-0.39, 0.29) is 12.1 Å². The monoisotopic (exact) mass is 318 g/mol. The van der Waals surface area contributed by atoms with Crippen LogP contribution >= 0.6 is 0 Å². The van der Waals surface area contributed by atoms with Crippen molar-refractivity contribution in [3.8, 4) is 0 Å². The predicted molar refractivity (Wildman–Crippen MR) is 77.9 cm³/mol. The van der Waals surface area contributed by atoms with E-state index in [4.69, 9.17) is 0 Å². The third-order valence-electron chi connectivity index (χ3n) is 3.86. The van der Waals surface area contributed by atoms with E-state index in [9.17, 15) is 17.6 Å². The van der Waals surface area contributed by atoms with E-state index in [0.29, 0.717) is 18.0 Å². The fourth-order valence-electron chi connectivity index (χ4n) is 2.74. The molecule has 1 N–H and O–H groups in total. The van der Waals surface area contributed by atoms with Crippen molar-refractivity contribution in [3.05, 3.63) is 35.1 Å². The summed E-state index contributed by atoms with van der Waals surface area (Å²) >= 11 is 0. The van der Waals surface area contributed by atoms with Gasteiger partial charge in [0, 0.05) is 25.7 Å². The molecule has 1 aliphatic rings. The van der Waals surface area contributed by atoms with Crippen molar-refractivity contribution in [2.45, 2.75) is 39.0 Å². The maximum Gasteiger partial charge on any atom is 0.416 e. The van der Waals surface area contributed by atoms with Crippen LogP contribution in [0.1, 0.15) is 31.4 Å². The molecule has 1 atom stereocenters. The van der Waals surface area contributed by atoms with Gasteiger partial charge in [-0.2, -0.15) is 13.2 Å². The number of likely N-dealkylation sites (tertiary alicyclic amines) is 1. The molecule has 1 aromatic rings. The zero-order valence-electron chi connectivity index (χ0n) is 12.9. The lowest BCUT2D eigenvalue weighted by Gasteiger charge is -2.20. The Morgan fingerprint density at radius 3 is 2.68 bits per heavy atom. The number of alkyl halides is 3. The fourth-order valence-corrected chi connectivity index (χ4v) is 2.74. The molecule has 0 spiro atoms. The smallest absolute Gasteiger partial charge is 0.312 e. The van der Waals surface area contributed by atoms with Crippen LogP contribution in [0.15, 0.2) is 18.2 Å². The lowest BCUT2D eigenvalue weighted by Crippen LogP contribution is -2.34. The maximum absolute atomic E-state index is 13.1. The van der Waals surface area contributed by atoms with Gasteiger partial charge in [0.2, 0.25) is 0 Å². The molecule has 1 unspecified atom stereocenters. The van der Waals surface area contributed by atoms with Gasteiger partial charge in [-0.05, 0) is 36.6 Å². The Hall–Kier alpha value is -1.14. The van der Waals surface area contributed by atoms with E-state index in [1.807, 2.05) is 4.90 Å². The van der Waals surface area contributed by atoms with Crippen molar-refractivity contribution in [2.75, 3.05) is 19.6 Å². The van der Waals surface area contributed by atoms with Crippen LogP contribution < -0.4 is 5.32 Å². The van der Waals surface area contributed by atoms with Crippen molar-refractivity contribution in [1.82, 2.24) is 10.2 Å². The molecule has 124 valence electrons. The van der Waals surface area contributed by atoms with Crippen molar-refractivity contribution >= 4 is 0 Å². The summed E-state index contributed by atoms with van der Waals surface area (Å²) in [5.41, 5.74) is -0.732. The van der Waals surface area contributed by atoms with Crippen molar-refractivity contribution < 1.29 is 17.6 Å². The van der Waals surface area contributed by atoms with Gasteiger partial charge < -0.3 is 5.32 Å². The first-order valence-corrected chi connectivity index (χ1v) is 7.57. The summed E-state index contributed by atoms with van der Waals surface area (Å²) < 4.78 is 52.1. The topological polar surface area (TPSA) is 15.3 Å². The molecule has 6 heteroatoms. The predicted octanol–water partition coefficient (Wildman–Crippen LogP) is 3.66. The molecular weight excluding hydrogens is 296 g/mol. The quantitative estimate of drug-likeness (QED) is 0.834. The second-order valence-electron chi connectivity index (χ2n) is 6.32. The van der Waals surface area contributed by atoms with Gasteiger partial charge in [0.25, 0.3) is 0 Å². The molecule has 1 fully saturated rings. The van der Waals surface area contributed by atoms with Crippen LogP contribution in [0.5, 0.6) is 0 Å². The van der Waals surface area contributed by atoms with Crippen LogP contribution in [0.2, 0.25) is 0 Å². The SMILES string of the molecule is CC(C)CNC1CCN(Cc2ccc(F)cc2C(F)(F)F)C1. The number of hydrogen-bond donors (Lipinski definition) is 1. The van der Waals surface area contributed by atoms with Gasteiger partial charge >= 0.3 is 6.18 Å². The van der Waals surface area contributed by atoms with Crippen LogP contribution in [0.25, 0.3) is 0 Å². The lowest BCUT2D eigenvalue weighted by molar-refractivity contribution is -0.138. The van der Waals surface area contributed by atoms with Gasteiger partial charge in [-0.3, -0.25) is 4.90 Å². The second-order valence-corrected chi connectivity index (χ2v) is 6.32. The molecule has 0 bridgehead atoms. The van der Waals surface area contributed by atoms with Crippen molar-refractivity contribution in [3.63, 3.8) is 0 Å². The number of rotatable bonds is 5. The summed E-state index contributed by atoms with van der Waals surface area (Å²) in [6.45, 7) is 6.82. The summed E-state index contributed by atoms with van der Waals surface area (Å²) in [6.07, 6.45) is -3.60. The molecule has 0 amide bonds. The Kier molecular flexibility index (Phi) is 5.45. The average molecular weight is 318 g/mol. The Morgan fingerprint density at radius 2 is 2.05 bits per heavy atom. The van der Waals surface area contributed by atoms with Crippen molar-refractivity contribution in [2.24, 2.45) is 5.92 Å². The molecule has 0 aromatic heterocycles. The van der Waals surface area contributed by atoms with E-state index < -0.39 is 17.6 Å². The number of halogens is 4. The van der Waals surface area contributed by atoms with E-state index in [1.54, 1.807) is 0 Å². The molecule has 0 saturated carbocycles. The highest BCUT2D eigenvalue weighted by molar-refractivity contribution is 5.30. The molecule has 1 saturated heterocycles. The Bertz CT molecular complexity index is 499. The largest absolute Gasteiger partial charge is 0.416 e. The van der Waals surface area contributed by atoms with Crippen LogP contribution in [0.4, 0.5) is 17.6 Å². The average Bonchev–Trinajstić information content (AvgIpc) is 2.85.